The molecule has 1 aliphatic carbocycles. The van der Waals surface area contributed by atoms with Crippen LogP contribution in [0, 0.1) is 5.92 Å². The second-order valence-electron chi connectivity index (χ2n) is 14.5. The molecule has 1 saturated carbocycles. The van der Waals surface area contributed by atoms with Crippen LogP contribution in [0.2, 0.25) is 0 Å². The van der Waals surface area contributed by atoms with Crippen molar-refractivity contribution in [2.75, 3.05) is 6.54 Å². The average Bonchev–Trinajstić information content (AvgIpc) is 3.60. The highest BCUT2D eigenvalue weighted by atomic mass is 16.5. The highest BCUT2D eigenvalue weighted by molar-refractivity contribution is 5.90. The van der Waals surface area contributed by atoms with Gasteiger partial charge in [0, 0.05) is 13.0 Å². The summed E-state index contributed by atoms with van der Waals surface area (Å²) in [5.41, 5.74) is 5.63. The van der Waals surface area contributed by atoms with E-state index in [1.165, 1.54) is 5.56 Å². The van der Waals surface area contributed by atoms with Gasteiger partial charge < -0.3 is 20.1 Å². The van der Waals surface area contributed by atoms with E-state index in [0.29, 0.717) is 47.9 Å². The van der Waals surface area contributed by atoms with Gasteiger partial charge in [-0.1, -0.05) is 106 Å². The minimum atomic E-state index is -1.02. The zero-order chi connectivity index (χ0) is 34.5. The summed E-state index contributed by atoms with van der Waals surface area (Å²) in [6.07, 6.45) is 5.05. The second kappa shape index (κ2) is 14.7. The van der Waals surface area contributed by atoms with Crippen molar-refractivity contribution >= 4 is 17.8 Å². The molecule has 7 nitrogen and oxygen atoms in total. The zero-order valence-corrected chi connectivity index (χ0v) is 28.7. The largest absolute Gasteiger partial charge is 0.481 e. The van der Waals surface area contributed by atoms with Crippen LogP contribution in [0.3, 0.4) is 0 Å². The Kier molecular flexibility index (Phi) is 10.2. The number of hydrogen-bond donors (Lipinski definition) is 2. The highest BCUT2D eigenvalue weighted by Gasteiger charge is 2.38. The number of ether oxygens (including phenoxy) is 1. The van der Waals surface area contributed by atoms with Crippen molar-refractivity contribution in [1.29, 1.82) is 0 Å². The van der Waals surface area contributed by atoms with Crippen molar-refractivity contribution in [2.45, 2.75) is 83.2 Å². The zero-order valence-electron chi connectivity index (χ0n) is 28.7. The Labute approximate surface area is 289 Å². The Morgan fingerprint density at radius 3 is 2.16 bits per heavy atom. The normalized spacial score (nSPS) is 16.9. The van der Waals surface area contributed by atoms with Crippen molar-refractivity contribution < 1.29 is 24.2 Å². The molecule has 2 N–H and O–H groups in total. The Morgan fingerprint density at radius 1 is 0.857 bits per heavy atom. The number of rotatable bonds is 10. The molecule has 1 aliphatic heterocycles. The van der Waals surface area contributed by atoms with Gasteiger partial charge in [-0.05, 0) is 88.2 Å². The first kappa shape index (κ1) is 34.0. The van der Waals surface area contributed by atoms with Crippen LogP contribution in [0.15, 0.2) is 97.1 Å². The van der Waals surface area contributed by atoms with Gasteiger partial charge in [0.15, 0.2) is 0 Å². The van der Waals surface area contributed by atoms with Gasteiger partial charge in [0.05, 0.1) is 12.5 Å². The molecule has 0 radical (unpaired) electrons. The molecule has 2 unspecified atom stereocenters. The quantitative estimate of drug-likeness (QED) is 0.178. The lowest BCUT2D eigenvalue weighted by molar-refractivity contribution is -0.143. The standard InChI is InChI=1S/C42H46N2O5/c1-42(2,3)33-18-21-34(22-19-33)49-35-20-17-31-23-24-44(38(45)25-28-9-7-8-10-28)40(36(31)26-35)41(48)43-37(27-39(46)47)32-15-13-30(14-16-32)29-11-5-4-6-12-29/h4-6,11-22,26,28,37,40H,7-10,23-25,27H2,1-3H3,(H,43,48)(H,46,47). The minimum Gasteiger partial charge on any atom is -0.481 e. The number of hydrogen-bond acceptors (Lipinski definition) is 4. The molecule has 2 atom stereocenters. The predicted octanol–water partition coefficient (Wildman–Crippen LogP) is 8.78. The Bertz CT molecular complexity index is 1770. The SMILES string of the molecule is CC(C)(C)c1ccc(Oc2ccc3c(c2)C(C(=O)NC(CC(=O)O)c2ccc(-c4ccccc4)cc2)N(C(=O)CC2CCCC2)CC3)cc1. The van der Waals surface area contributed by atoms with Crippen molar-refractivity contribution in [2.24, 2.45) is 5.92 Å². The van der Waals surface area contributed by atoms with Crippen LogP contribution in [-0.2, 0) is 26.2 Å². The van der Waals surface area contributed by atoms with Gasteiger partial charge in [0.2, 0.25) is 11.8 Å². The summed E-state index contributed by atoms with van der Waals surface area (Å²) >= 11 is 0. The van der Waals surface area contributed by atoms with Gasteiger partial charge in [-0.2, -0.15) is 0 Å². The Balaban J connectivity index is 1.30. The molecular weight excluding hydrogens is 612 g/mol. The topological polar surface area (TPSA) is 95.9 Å². The monoisotopic (exact) mass is 658 g/mol. The number of benzene rings is 4. The van der Waals surface area contributed by atoms with E-state index < -0.39 is 24.0 Å². The summed E-state index contributed by atoms with van der Waals surface area (Å²) in [5, 5.41) is 12.9. The molecule has 2 aliphatic rings. The number of nitrogens with zero attached hydrogens (tertiary/aromatic N) is 1. The number of nitrogens with one attached hydrogen (secondary N) is 1. The lowest BCUT2D eigenvalue weighted by Gasteiger charge is -2.38. The van der Waals surface area contributed by atoms with Gasteiger partial charge in [0.25, 0.3) is 0 Å². The first-order valence-electron chi connectivity index (χ1n) is 17.4. The van der Waals surface area contributed by atoms with E-state index in [1.807, 2.05) is 84.9 Å². The van der Waals surface area contributed by atoms with E-state index in [9.17, 15) is 19.5 Å². The Hall–Kier alpha value is -4.91. The summed E-state index contributed by atoms with van der Waals surface area (Å²) < 4.78 is 6.28. The van der Waals surface area contributed by atoms with Crippen LogP contribution in [0.25, 0.3) is 11.1 Å². The van der Waals surface area contributed by atoms with E-state index in [4.69, 9.17) is 4.74 Å². The third-order valence-electron chi connectivity index (χ3n) is 9.92. The number of aliphatic carboxylic acids is 1. The van der Waals surface area contributed by atoms with Crippen LogP contribution < -0.4 is 10.1 Å². The van der Waals surface area contributed by atoms with E-state index in [-0.39, 0.29) is 17.7 Å². The Morgan fingerprint density at radius 2 is 1.51 bits per heavy atom. The molecular formula is C42H46N2O5. The van der Waals surface area contributed by atoms with Crippen LogP contribution in [0.5, 0.6) is 11.5 Å². The lowest BCUT2D eigenvalue weighted by Crippen LogP contribution is -2.48. The number of carboxylic acids is 1. The maximum atomic E-state index is 14.4. The summed E-state index contributed by atoms with van der Waals surface area (Å²) in [4.78, 5) is 42.1. The molecule has 49 heavy (non-hydrogen) atoms. The molecule has 2 amide bonds. The number of fused-ring (bicyclic) bond motifs is 1. The minimum absolute atomic E-state index is 0.0157. The molecule has 7 heteroatoms. The van der Waals surface area contributed by atoms with Gasteiger partial charge >= 0.3 is 5.97 Å². The van der Waals surface area contributed by atoms with Crippen molar-refractivity contribution in [3.63, 3.8) is 0 Å². The first-order valence-corrected chi connectivity index (χ1v) is 17.4. The van der Waals surface area contributed by atoms with Crippen LogP contribution >= 0.6 is 0 Å². The fourth-order valence-corrected chi connectivity index (χ4v) is 7.16. The van der Waals surface area contributed by atoms with Gasteiger partial charge in [-0.3, -0.25) is 14.4 Å². The number of carbonyl (C=O) groups is 3. The van der Waals surface area contributed by atoms with Crippen LogP contribution in [0.1, 0.15) is 93.6 Å². The molecule has 1 fully saturated rings. The molecule has 0 spiro atoms. The molecule has 6 rings (SSSR count). The smallest absolute Gasteiger partial charge is 0.305 e. The van der Waals surface area contributed by atoms with E-state index >= 15 is 0 Å². The molecule has 4 aromatic carbocycles. The summed E-state index contributed by atoms with van der Waals surface area (Å²) in [7, 11) is 0. The number of amides is 2. The van der Waals surface area contributed by atoms with E-state index in [2.05, 4.69) is 38.2 Å². The molecule has 254 valence electrons. The summed E-state index contributed by atoms with van der Waals surface area (Å²) in [6, 6.07) is 29.6. The fraction of sp³-hybridized carbons (Fsp3) is 0.357. The van der Waals surface area contributed by atoms with Gasteiger partial charge in [-0.15, -0.1) is 0 Å². The number of carboxylic acid groups (broad SMARTS) is 1. The highest BCUT2D eigenvalue weighted by Crippen LogP contribution is 2.37. The lowest BCUT2D eigenvalue weighted by atomic mass is 9.87. The fourth-order valence-electron chi connectivity index (χ4n) is 7.16. The molecule has 4 aromatic rings. The third kappa shape index (κ3) is 8.22. The van der Waals surface area contributed by atoms with Gasteiger partial charge in [0.1, 0.15) is 17.5 Å². The predicted molar refractivity (Wildman–Crippen MR) is 191 cm³/mol. The molecule has 0 saturated heterocycles. The third-order valence-corrected chi connectivity index (χ3v) is 9.92. The molecule has 1 heterocycles. The van der Waals surface area contributed by atoms with Gasteiger partial charge in [-0.25, -0.2) is 0 Å². The summed E-state index contributed by atoms with van der Waals surface area (Å²) in [5.74, 6) is 0.118. The van der Waals surface area contributed by atoms with Crippen molar-refractivity contribution in [3.05, 3.63) is 119 Å². The summed E-state index contributed by atoms with van der Waals surface area (Å²) in [6.45, 7) is 6.91. The van der Waals surface area contributed by atoms with E-state index in [0.717, 1.165) is 42.4 Å². The maximum absolute atomic E-state index is 14.4. The first-order chi connectivity index (χ1) is 23.5. The van der Waals surface area contributed by atoms with Crippen molar-refractivity contribution in [3.8, 4) is 22.6 Å². The number of carbonyl (C=O) groups excluding carboxylic acids is 2. The van der Waals surface area contributed by atoms with Crippen LogP contribution in [-0.4, -0.2) is 34.3 Å². The van der Waals surface area contributed by atoms with Crippen molar-refractivity contribution in [1.82, 2.24) is 10.2 Å². The van der Waals surface area contributed by atoms with E-state index in [1.54, 1.807) is 4.90 Å². The average molecular weight is 659 g/mol. The second-order valence-corrected chi connectivity index (χ2v) is 14.5. The molecule has 0 aromatic heterocycles. The maximum Gasteiger partial charge on any atom is 0.305 e. The van der Waals surface area contributed by atoms with Crippen LogP contribution in [0.4, 0.5) is 0 Å². The molecule has 0 bridgehead atoms.